The van der Waals surface area contributed by atoms with Crippen molar-refractivity contribution >= 4 is 17.3 Å². The van der Waals surface area contributed by atoms with Crippen LogP contribution < -0.4 is 10.2 Å². The number of tetrazole rings is 1. The number of nitrogens with zero attached hydrogens (tertiary/aromatic N) is 5. The van der Waals surface area contributed by atoms with Gasteiger partial charge in [-0.3, -0.25) is 4.79 Å². The van der Waals surface area contributed by atoms with E-state index in [-0.39, 0.29) is 12.5 Å². The minimum atomic E-state index is -0.189. The first-order valence-corrected chi connectivity index (χ1v) is 8.35. The SMILES string of the molecule is Cc1cccc(NC(=O)Cn2nnc(-c3ccc(N(C)C)cc3)n2)c1C. The molecule has 0 bridgehead atoms. The summed E-state index contributed by atoms with van der Waals surface area (Å²) in [6, 6.07) is 13.7. The fraction of sp³-hybridized carbons (Fsp3) is 0.263. The van der Waals surface area contributed by atoms with Crippen LogP contribution in [0.25, 0.3) is 11.4 Å². The lowest BCUT2D eigenvalue weighted by atomic mass is 10.1. The van der Waals surface area contributed by atoms with Crippen molar-refractivity contribution in [3.63, 3.8) is 0 Å². The molecule has 1 N–H and O–H groups in total. The molecule has 2 aromatic carbocycles. The van der Waals surface area contributed by atoms with Gasteiger partial charge in [0.2, 0.25) is 11.7 Å². The average molecular weight is 350 g/mol. The van der Waals surface area contributed by atoms with Gasteiger partial charge >= 0.3 is 0 Å². The van der Waals surface area contributed by atoms with Crippen molar-refractivity contribution in [3.8, 4) is 11.4 Å². The molecule has 0 atom stereocenters. The smallest absolute Gasteiger partial charge is 0.248 e. The molecule has 3 rings (SSSR count). The number of hydrogen-bond donors (Lipinski definition) is 1. The lowest BCUT2D eigenvalue weighted by Crippen LogP contribution is -2.21. The molecule has 0 radical (unpaired) electrons. The summed E-state index contributed by atoms with van der Waals surface area (Å²) >= 11 is 0. The maximum atomic E-state index is 12.3. The maximum absolute atomic E-state index is 12.3. The molecule has 1 heterocycles. The van der Waals surface area contributed by atoms with Gasteiger partial charge in [0.25, 0.3) is 0 Å². The number of carbonyl (C=O) groups excluding carboxylic acids is 1. The molecule has 0 aliphatic rings. The van der Waals surface area contributed by atoms with Crippen LogP contribution in [0.2, 0.25) is 0 Å². The fourth-order valence-corrected chi connectivity index (χ4v) is 2.54. The highest BCUT2D eigenvalue weighted by Crippen LogP contribution is 2.19. The van der Waals surface area contributed by atoms with Gasteiger partial charge in [-0.15, -0.1) is 10.2 Å². The topological polar surface area (TPSA) is 75.9 Å². The Morgan fingerprint density at radius 1 is 1.12 bits per heavy atom. The molecule has 134 valence electrons. The van der Waals surface area contributed by atoms with Crippen molar-refractivity contribution in [1.82, 2.24) is 20.2 Å². The van der Waals surface area contributed by atoms with Crippen LogP contribution in [-0.2, 0) is 11.3 Å². The quantitative estimate of drug-likeness (QED) is 0.766. The highest BCUT2D eigenvalue weighted by atomic mass is 16.2. The van der Waals surface area contributed by atoms with Crippen molar-refractivity contribution in [3.05, 3.63) is 53.6 Å². The molecule has 7 nitrogen and oxygen atoms in total. The molecule has 1 aromatic heterocycles. The number of nitrogens with one attached hydrogen (secondary N) is 1. The van der Waals surface area contributed by atoms with E-state index in [0.717, 1.165) is 28.1 Å². The van der Waals surface area contributed by atoms with E-state index in [9.17, 15) is 4.79 Å². The predicted molar refractivity (Wildman–Crippen MR) is 102 cm³/mol. The summed E-state index contributed by atoms with van der Waals surface area (Å²) in [5.74, 6) is 0.306. The zero-order chi connectivity index (χ0) is 18.7. The van der Waals surface area contributed by atoms with E-state index in [1.807, 2.05) is 75.3 Å². The van der Waals surface area contributed by atoms with Gasteiger partial charge in [-0.05, 0) is 60.5 Å². The monoisotopic (exact) mass is 350 g/mol. The van der Waals surface area contributed by atoms with Gasteiger partial charge in [0.05, 0.1) is 0 Å². The summed E-state index contributed by atoms with van der Waals surface area (Å²) in [6.45, 7) is 4.00. The Balaban J connectivity index is 1.68. The largest absolute Gasteiger partial charge is 0.378 e. The maximum Gasteiger partial charge on any atom is 0.248 e. The summed E-state index contributed by atoms with van der Waals surface area (Å²) in [4.78, 5) is 15.6. The molecule has 0 aliphatic carbocycles. The van der Waals surface area contributed by atoms with Crippen molar-refractivity contribution in [2.75, 3.05) is 24.3 Å². The Morgan fingerprint density at radius 2 is 1.85 bits per heavy atom. The summed E-state index contributed by atoms with van der Waals surface area (Å²) in [7, 11) is 3.97. The number of benzene rings is 2. The van der Waals surface area contributed by atoms with Crippen LogP contribution in [0.5, 0.6) is 0 Å². The third-order valence-corrected chi connectivity index (χ3v) is 4.26. The highest BCUT2D eigenvalue weighted by Gasteiger charge is 2.11. The van der Waals surface area contributed by atoms with Crippen LogP contribution in [0.3, 0.4) is 0 Å². The molecule has 0 saturated carbocycles. The van der Waals surface area contributed by atoms with Gasteiger partial charge < -0.3 is 10.2 Å². The fourth-order valence-electron chi connectivity index (χ4n) is 2.54. The second kappa shape index (κ2) is 7.35. The molecule has 1 amide bonds. The standard InChI is InChI=1S/C19H22N6O/c1-13-6-5-7-17(14(13)2)20-18(26)12-25-22-19(21-23-25)15-8-10-16(11-9-15)24(3)4/h5-11H,12H2,1-4H3,(H,20,26). The van der Waals surface area contributed by atoms with E-state index in [1.165, 1.54) is 4.80 Å². The molecule has 3 aromatic rings. The predicted octanol–water partition coefficient (Wildman–Crippen LogP) is 2.66. The molecule has 0 aliphatic heterocycles. The minimum absolute atomic E-state index is 0.0101. The number of anilines is 2. The molecular formula is C19H22N6O. The molecule has 0 saturated heterocycles. The zero-order valence-electron chi connectivity index (χ0n) is 15.4. The number of hydrogen-bond acceptors (Lipinski definition) is 5. The van der Waals surface area contributed by atoms with Crippen LogP contribution in [-0.4, -0.2) is 40.2 Å². The lowest BCUT2D eigenvalue weighted by molar-refractivity contribution is -0.117. The Hall–Kier alpha value is -3.22. The van der Waals surface area contributed by atoms with Gasteiger partial charge in [-0.25, -0.2) is 0 Å². The Bertz CT molecular complexity index is 914. The van der Waals surface area contributed by atoms with Crippen LogP contribution >= 0.6 is 0 Å². The third kappa shape index (κ3) is 3.88. The number of amides is 1. The normalized spacial score (nSPS) is 10.6. The third-order valence-electron chi connectivity index (χ3n) is 4.26. The van der Waals surface area contributed by atoms with Gasteiger partial charge in [0.15, 0.2) is 0 Å². The van der Waals surface area contributed by atoms with Crippen molar-refractivity contribution in [1.29, 1.82) is 0 Å². The summed E-state index contributed by atoms with van der Waals surface area (Å²) < 4.78 is 0. The number of carbonyl (C=O) groups is 1. The van der Waals surface area contributed by atoms with Crippen molar-refractivity contribution in [2.24, 2.45) is 0 Å². The molecule has 0 unspecified atom stereocenters. The van der Waals surface area contributed by atoms with Crippen LogP contribution in [0.1, 0.15) is 11.1 Å². The number of aromatic nitrogens is 4. The second-order valence-electron chi connectivity index (χ2n) is 6.38. The van der Waals surface area contributed by atoms with E-state index < -0.39 is 0 Å². The molecule has 0 spiro atoms. The minimum Gasteiger partial charge on any atom is -0.378 e. The summed E-state index contributed by atoms with van der Waals surface area (Å²) in [5, 5.41) is 15.2. The first-order chi connectivity index (χ1) is 12.4. The Kier molecular flexibility index (Phi) is 4.97. The first kappa shape index (κ1) is 17.6. The van der Waals surface area contributed by atoms with Gasteiger partial charge in [-0.1, -0.05) is 12.1 Å². The molecular weight excluding hydrogens is 328 g/mol. The average Bonchev–Trinajstić information content (AvgIpc) is 3.07. The summed E-state index contributed by atoms with van der Waals surface area (Å²) in [6.07, 6.45) is 0. The zero-order valence-corrected chi connectivity index (χ0v) is 15.4. The number of rotatable bonds is 5. The molecule has 7 heteroatoms. The van der Waals surface area contributed by atoms with Crippen LogP contribution in [0.15, 0.2) is 42.5 Å². The number of aryl methyl sites for hydroxylation is 1. The van der Waals surface area contributed by atoms with E-state index in [0.29, 0.717) is 5.82 Å². The second-order valence-corrected chi connectivity index (χ2v) is 6.38. The van der Waals surface area contributed by atoms with Crippen LogP contribution in [0, 0.1) is 13.8 Å². The van der Waals surface area contributed by atoms with E-state index in [4.69, 9.17) is 0 Å². The van der Waals surface area contributed by atoms with E-state index in [2.05, 4.69) is 20.7 Å². The van der Waals surface area contributed by atoms with E-state index >= 15 is 0 Å². The van der Waals surface area contributed by atoms with Gasteiger partial charge in [0.1, 0.15) is 6.54 Å². The Labute approximate surface area is 152 Å². The summed E-state index contributed by atoms with van der Waals surface area (Å²) in [5.41, 5.74) is 4.93. The van der Waals surface area contributed by atoms with Gasteiger partial charge in [-0.2, -0.15) is 4.80 Å². The van der Waals surface area contributed by atoms with Crippen LogP contribution in [0.4, 0.5) is 11.4 Å². The van der Waals surface area contributed by atoms with Crippen molar-refractivity contribution < 1.29 is 4.79 Å². The van der Waals surface area contributed by atoms with Crippen molar-refractivity contribution in [2.45, 2.75) is 20.4 Å². The molecule has 26 heavy (non-hydrogen) atoms. The van der Waals surface area contributed by atoms with E-state index in [1.54, 1.807) is 0 Å². The highest BCUT2D eigenvalue weighted by molar-refractivity contribution is 5.91. The Morgan fingerprint density at radius 3 is 2.54 bits per heavy atom. The first-order valence-electron chi connectivity index (χ1n) is 8.35. The van der Waals surface area contributed by atoms with Gasteiger partial charge in [0, 0.05) is 31.0 Å². The lowest BCUT2D eigenvalue weighted by Gasteiger charge is -2.11. The molecule has 0 fully saturated rings.